The number of hydrogen-bond donors (Lipinski definition) is 1. The van der Waals surface area contributed by atoms with Gasteiger partial charge in [0.05, 0.1) is 0 Å². The van der Waals surface area contributed by atoms with Gasteiger partial charge in [-0.1, -0.05) is 27.7 Å². The van der Waals surface area contributed by atoms with Gasteiger partial charge in [0.25, 0.3) is 0 Å². The fraction of sp³-hybridized carbons (Fsp3) is 0.833. The van der Waals surface area contributed by atoms with Crippen LogP contribution in [0.5, 0.6) is 0 Å². The lowest BCUT2D eigenvalue weighted by atomic mass is 10.0. The first-order chi connectivity index (χ1) is 7.67. The summed E-state index contributed by atoms with van der Waals surface area (Å²) in [7, 11) is 0. The van der Waals surface area contributed by atoms with Crippen LogP contribution in [0, 0.1) is 0 Å². The smallest absolute Gasteiger partial charge is 0.219 e. The molecule has 4 heteroatoms. The molecule has 0 aliphatic carbocycles. The molecule has 0 saturated heterocycles. The zero-order chi connectivity index (χ0) is 12.0. The molecule has 4 nitrogen and oxygen atoms in total. The van der Waals surface area contributed by atoms with Gasteiger partial charge in [-0.2, -0.15) is 0 Å². The second-order valence-corrected chi connectivity index (χ2v) is 4.41. The van der Waals surface area contributed by atoms with Gasteiger partial charge in [-0.15, -0.1) is 10.2 Å². The van der Waals surface area contributed by atoms with Crippen LogP contribution in [0.3, 0.4) is 0 Å². The highest BCUT2D eigenvalue weighted by atomic mass is 16.4. The number of nitrogens with zero attached hydrogens (tertiary/aromatic N) is 2. The predicted octanol–water partition coefficient (Wildman–Crippen LogP) is 2.51. The van der Waals surface area contributed by atoms with Gasteiger partial charge in [-0.3, -0.25) is 0 Å². The number of nitrogens with one attached hydrogen (secondary N) is 1. The zero-order valence-electron chi connectivity index (χ0n) is 10.8. The Labute approximate surface area is 97.8 Å². The molecule has 0 aliphatic rings. The van der Waals surface area contributed by atoms with Crippen LogP contribution >= 0.6 is 0 Å². The quantitative estimate of drug-likeness (QED) is 0.774. The fourth-order valence-electron chi connectivity index (χ4n) is 1.64. The number of hydrogen-bond acceptors (Lipinski definition) is 4. The molecule has 0 fully saturated rings. The standard InChI is InChI=1S/C12H23N3O/c1-5-10(6-2)12-15-14-11(16-12)7-8-13-9(3)4/h9-10,13H,5-8H2,1-4H3. The highest BCUT2D eigenvalue weighted by molar-refractivity contribution is 4.90. The molecule has 1 aromatic heterocycles. The Hall–Kier alpha value is -0.900. The SMILES string of the molecule is CCC(CC)c1nnc(CCNC(C)C)o1. The monoisotopic (exact) mass is 225 g/mol. The molecule has 0 radical (unpaired) electrons. The van der Waals surface area contributed by atoms with Gasteiger partial charge in [-0.25, -0.2) is 0 Å². The van der Waals surface area contributed by atoms with E-state index < -0.39 is 0 Å². The van der Waals surface area contributed by atoms with Crippen molar-refractivity contribution in [3.8, 4) is 0 Å². The highest BCUT2D eigenvalue weighted by Crippen LogP contribution is 2.21. The van der Waals surface area contributed by atoms with Gasteiger partial charge < -0.3 is 9.73 Å². The van der Waals surface area contributed by atoms with Crippen LogP contribution in [0.1, 0.15) is 58.2 Å². The molecule has 0 amide bonds. The average molecular weight is 225 g/mol. The van der Waals surface area contributed by atoms with Crippen molar-refractivity contribution < 1.29 is 4.42 Å². The summed E-state index contributed by atoms with van der Waals surface area (Å²) in [6.07, 6.45) is 2.93. The third-order valence-corrected chi connectivity index (χ3v) is 2.71. The Morgan fingerprint density at radius 2 is 1.88 bits per heavy atom. The van der Waals surface area contributed by atoms with Crippen LogP contribution < -0.4 is 5.32 Å². The summed E-state index contributed by atoms with van der Waals surface area (Å²) in [5, 5.41) is 11.5. The molecule has 1 N–H and O–H groups in total. The molecule has 1 heterocycles. The van der Waals surface area contributed by atoms with Crippen LogP contribution in [-0.2, 0) is 6.42 Å². The van der Waals surface area contributed by atoms with E-state index >= 15 is 0 Å². The van der Waals surface area contributed by atoms with E-state index in [1.165, 1.54) is 0 Å². The minimum atomic E-state index is 0.416. The predicted molar refractivity (Wildman–Crippen MR) is 64.5 cm³/mol. The summed E-state index contributed by atoms with van der Waals surface area (Å²) in [5.74, 6) is 1.96. The minimum Gasteiger partial charge on any atom is -0.425 e. The highest BCUT2D eigenvalue weighted by Gasteiger charge is 2.14. The van der Waals surface area contributed by atoms with Gasteiger partial charge in [0.15, 0.2) is 0 Å². The van der Waals surface area contributed by atoms with Crippen molar-refractivity contribution >= 4 is 0 Å². The maximum absolute atomic E-state index is 5.65. The van der Waals surface area contributed by atoms with Gasteiger partial charge in [-0.05, 0) is 12.8 Å². The first kappa shape index (κ1) is 13.2. The zero-order valence-corrected chi connectivity index (χ0v) is 10.8. The van der Waals surface area contributed by atoms with Gasteiger partial charge >= 0.3 is 0 Å². The second-order valence-electron chi connectivity index (χ2n) is 4.41. The van der Waals surface area contributed by atoms with Crippen LogP contribution in [0.25, 0.3) is 0 Å². The molecule has 0 aromatic carbocycles. The Morgan fingerprint density at radius 1 is 1.19 bits per heavy atom. The Kier molecular flexibility index (Phi) is 5.46. The molecule has 0 unspecified atom stereocenters. The van der Waals surface area contributed by atoms with Crippen molar-refractivity contribution in [1.29, 1.82) is 0 Å². The van der Waals surface area contributed by atoms with E-state index in [4.69, 9.17) is 4.42 Å². The van der Waals surface area contributed by atoms with Crippen LogP contribution in [0.4, 0.5) is 0 Å². The largest absolute Gasteiger partial charge is 0.425 e. The third-order valence-electron chi connectivity index (χ3n) is 2.71. The Balaban J connectivity index is 2.44. The minimum absolute atomic E-state index is 0.416. The summed E-state index contributed by atoms with van der Waals surface area (Å²) in [4.78, 5) is 0. The van der Waals surface area contributed by atoms with E-state index in [2.05, 4.69) is 43.2 Å². The molecule has 16 heavy (non-hydrogen) atoms. The number of aromatic nitrogens is 2. The van der Waals surface area contributed by atoms with E-state index in [0.29, 0.717) is 12.0 Å². The van der Waals surface area contributed by atoms with Gasteiger partial charge in [0.1, 0.15) is 0 Å². The maximum Gasteiger partial charge on any atom is 0.219 e. The van der Waals surface area contributed by atoms with Crippen LogP contribution in [-0.4, -0.2) is 22.8 Å². The van der Waals surface area contributed by atoms with E-state index in [1.807, 2.05) is 0 Å². The van der Waals surface area contributed by atoms with E-state index in [0.717, 1.165) is 37.6 Å². The summed E-state index contributed by atoms with van der Waals surface area (Å²) in [6.45, 7) is 9.45. The summed E-state index contributed by atoms with van der Waals surface area (Å²) in [5.41, 5.74) is 0. The number of rotatable bonds is 7. The first-order valence-electron chi connectivity index (χ1n) is 6.23. The summed E-state index contributed by atoms with van der Waals surface area (Å²) in [6, 6.07) is 0.501. The van der Waals surface area contributed by atoms with Crippen molar-refractivity contribution in [3.63, 3.8) is 0 Å². The molecule has 0 spiro atoms. The van der Waals surface area contributed by atoms with Gasteiger partial charge in [0.2, 0.25) is 11.8 Å². The lowest BCUT2D eigenvalue weighted by Gasteiger charge is -2.06. The normalized spacial score (nSPS) is 11.6. The molecule has 0 saturated carbocycles. The first-order valence-corrected chi connectivity index (χ1v) is 6.23. The molecule has 0 bridgehead atoms. The van der Waals surface area contributed by atoms with E-state index in [9.17, 15) is 0 Å². The van der Waals surface area contributed by atoms with E-state index in [1.54, 1.807) is 0 Å². The third kappa shape index (κ3) is 3.93. The molecular formula is C12H23N3O. The molecule has 0 atom stereocenters. The molecule has 1 aromatic rings. The topological polar surface area (TPSA) is 51.0 Å². The van der Waals surface area contributed by atoms with E-state index in [-0.39, 0.29) is 0 Å². The lowest BCUT2D eigenvalue weighted by molar-refractivity contribution is 0.399. The fourth-order valence-corrected chi connectivity index (χ4v) is 1.64. The Bertz CT molecular complexity index is 292. The second kappa shape index (κ2) is 6.63. The van der Waals surface area contributed by atoms with Crippen molar-refractivity contribution in [3.05, 3.63) is 11.8 Å². The molecule has 1 rings (SSSR count). The van der Waals surface area contributed by atoms with Crippen molar-refractivity contribution in [2.24, 2.45) is 0 Å². The van der Waals surface area contributed by atoms with Crippen LogP contribution in [0.2, 0.25) is 0 Å². The average Bonchev–Trinajstić information content (AvgIpc) is 2.68. The Morgan fingerprint density at radius 3 is 2.44 bits per heavy atom. The van der Waals surface area contributed by atoms with Crippen molar-refractivity contribution in [1.82, 2.24) is 15.5 Å². The lowest BCUT2D eigenvalue weighted by Crippen LogP contribution is -2.25. The van der Waals surface area contributed by atoms with Crippen LogP contribution in [0.15, 0.2) is 4.42 Å². The summed E-state index contributed by atoms with van der Waals surface area (Å²) < 4.78 is 5.65. The molecule has 92 valence electrons. The molecular weight excluding hydrogens is 202 g/mol. The summed E-state index contributed by atoms with van der Waals surface area (Å²) >= 11 is 0. The van der Waals surface area contributed by atoms with Gasteiger partial charge in [0, 0.05) is 24.9 Å². The molecule has 0 aliphatic heterocycles. The van der Waals surface area contributed by atoms with Crippen molar-refractivity contribution in [2.45, 2.75) is 58.9 Å². The maximum atomic E-state index is 5.65. The van der Waals surface area contributed by atoms with Crippen molar-refractivity contribution in [2.75, 3.05) is 6.54 Å².